The summed E-state index contributed by atoms with van der Waals surface area (Å²) in [6.07, 6.45) is 2.66. The van der Waals surface area contributed by atoms with Crippen LogP contribution < -0.4 is 11.1 Å². The molecule has 120 valence electrons. The molecule has 0 spiro atoms. The van der Waals surface area contributed by atoms with Gasteiger partial charge in [0.1, 0.15) is 5.82 Å². The van der Waals surface area contributed by atoms with Gasteiger partial charge in [-0.2, -0.15) is 16.9 Å². The van der Waals surface area contributed by atoms with Crippen LogP contribution in [0.2, 0.25) is 0 Å². The number of nitrogens with two attached hydrogens (primary N) is 1. The van der Waals surface area contributed by atoms with Gasteiger partial charge in [-0.15, -0.1) is 12.4 Å². The van der Waals surface area contributed by atoms with Crippen molar-refractivity contribution in [3.63, 3.8) is 0 Å². The van der Waals surface area contributed by atoms with Gasteiger partial charge in [0.15, 0.2) is 5.82 Å². The lowest BCUT2D eigenvalue weighted by Gasteiger charge is -2.11. The highest BCUT2D eigenvalue weighted by Crippen LogP contribution is 2.18. The predicted molar refractivity (Wildman–Crippen MR) is 93.4 cm³/mol. The zero-order chi connectivity index (χ0) is 15.2. The molecule has 1 atom stereocenters. The molecule has 0 unspecified atom stereocenters. The van der Waals surface area contributed by atoms with Crippen molar-refractivity contribution >= 4 is 35.8 Å². The average Bonchev–Trinajstić information content (AvgIpc) is 2.92. The number of halogens is 1. The van der Waals surface area contributed by atoms with Crippen molar-refractivity contribution in [2.75, 3.05) is 17.3 Å². The third kappa shape index (κ3) is 5.01. The van der Waals surface area contributed by atoms with Crippen molar-refractivity contribution in [1.29, 1.82) is 0 Å². The minimum atomic E-state index is -0.479. The van der Waals surface area contributed by atoms with E-state index in [9.17, 15) is 4.79 Å². The number of anilines is 1. The second-order valence-electron chi connectivity index (χ2n) is 4.70. The van der Waals surface area contributed by atoms with E-state index in [1.807, 2.05) is 37.4 Å². The Morgan fingerprint density at radius 3 is 2.64 bits per heavy atom. The Morgan fingerprint density at radius 1 is 1.41 bits per heavy atom. The Kier molecular flexibility index (Phi) is 7.37. The van der Waals surface area contributed by atoms with E-state index >= 15 is 0 Å². The number of nitrogens with zero attached hydrogens (tertiary/aromatic N) is 2. The van der Waals surface area contributed by atoms with Crippen LogP contribution in [-0.2, 0) is 4.79 Å². The maximum Gasteiger partial charge on any atom is 0.241 e. The van der Waals surface area contributed by atoms with Gasteiger partial charge in [0.05, 0.1) is 6.04 Å². The fraction of sp³-hybridized carbons (Fsp3) is 0.357. The number of hydrogen-bond donors (Lipinski definition) is 3. The SMILES string of the molecule is CSCC[C@H](N)C(=O)Nc1ccc(-c2n[nH]c(C)n2)cc1.Cl. The van der Waals surface area contributed by atoms with Crippen LogP contribution in [-0.4, -0.2) is 39.1 Å². The van der Waals surface area contributed by atoms with Gasteiger partial charge in [-0.3, -0.25) is 9.89 Å². The Balaban J connectivity index is 0.00000242. The van der Waals surface area contributed by atoms with Gasteiger partial charge in [-0.25, -0.2) is 4.98 Å². The molecule has 2 aromatic rings. The van der Waals surface area contributed by atoms with Crippen molar-refractivity contribution in [3.8, 4) is 11.4 Å². The van der Waals surface area contributed by atoms with Crippen LogP contribution in [0.5, 0.6) is 0 Å². The molecule has 1 heterocycles. The topological polar surface area (TPSA) is 96.7 Å². The number of rotatable bonds is 6. The van der Waals surface area contributed by atoms with E-state index in [2.05, 4.69) is 20.5 Å². The van der Waals surface area contributed by atoms with Crippen molar-refractivity contribution in [3.05, 3.63) is 30.1 Å². The highest BCUT2D eigenvalue weighted by Gasteiger charge is 2.13. The molecule has 0 aliphatic rings. The summed E-state index contributed by atoms with van der Waals surface area (Å²) in [6, 6.07) is 6.89. The highest BCUT2D eigenvalue weighted by molar-refractivity contribution is 7.98. The molecule has 0 aliphatic carbocycles. The maximum atomic E-state index is 11.9. The van der Waals surface area contributed by atoms with Crippen LogP contribution in [0.1, 0.15) is 12.2 Å². The minimum Gasteiger partial charge on any atom is -0.325 e. The highest BCUT2D eigenvalue weighted by atomic mass is 35.5. The lowest BCUT2D eigenvalue weighted by Crippen LogP contribution is -2.36. The first-order chi connectivity index (χ1) is 10.1. The van der Waals surface area contributed by atoms with E-state index in [0.29, 0.717) is 12.2 Å². The molecular weight excluding hydrogens is 322 g/mol. The molecule has 0 radical (unpaired) electrons. The molecule has 4 N–H and O–H groups in total. The molecular formula is C14H20ClN5OS. The lowest BCUT2D eigenvalue weighted by atomic mass is 10.2. The van der Waals surface area contributed by atoms with Crippen LogP contribution in [0.15, 0.2) is 24.3 Å². The number of amides is 1. The summed E-state index contributed by atoms with van der Waals surface area (Å²) in [5.74, 6) is 2.12. The van der Waals surface area contributed by atoms with Gasteiger partial charge in [-0.05, 0) is 49.6 Å². The van der Waals surface area contributed by atoms with Gasteiger partial charge >= 0.3 is 0 Å². The molecule has 8 heteroatoms. The Hall–Kier alpha value is -1.57. The van der Waals surface area contributed by atoms with Gasteiger partial charge in [0.25, 0.3) is 0 Å². The van der Waals surface area contributed by atoms with E-state index in [1.54, 1.807) is 11.8 Å². The predicted octanol–water partition coefficient (Wildman–Crippen LogP) is 2.22. The molecule has 22 heavy (non-hydrogen) atoms. The minimum absolute atomic E-state index is 0. The maximum absolute atomic E-state index is 11.9. The molecule has 1 aromatic carbocycles. The average molecular weight is 342 g/mol. The van der Waals surface area contributed by atoms with E-state index < -0.39 is 6.04 Å². The summed E-state index contributed by atoms with van der Waals surface area (Å²) in [7, 11) is 0. The van der Waals surface area contributed by atoms with Crippen LogP contribution in [0.3, 0.4) is 0 Å². The monoisotopic (exact) mass is 341 g/mol. The van der Waals surface area contributed by atoms with Crippen molar-refractivity contribution in [2.45, 2.75) is 19.4 Å². The van der Waals surface area contributed by atoms with Crippen LogP contribution in [0, 0.1) is 6.92 Å². The summed E-state index contributed by atoms with van der Waals surface area (Å²) in [4.78, 5) is 16.2. The number of carbonyl (C=O) groups excluding carboxylic acids is 1. The first-order valence-electron chi connectivity index (χ1n) is 6.65. The van der Waals surface area contributed by atoms with Crippen molar-refractivity contribution < 1.29 is 4.79 Å². The van der Waals surface area contributed by atoms with E-state index in [-0.39, 0.29) is 18.3 Å². The first-order valence-corrected chi connectivity index (χ1v) is 8.04. The fourth-order valence-corrected chi connectivity index (χ4v) is 2.27. The Bertz CT molecular complexity index is 602. The Labute approximate surface area is 140 Å². The molecule has 1 aromatic heterocycles. The summed E-state index contributed by atoms with van der Waals surface area (Å²) in [5.41, 5.74) is 7.44. The van der Waals surface area contributed by atoms with E-state index in [0.717, 1.165) is 22.8 Å². The van der Waals surface area contributed by atoms with Crippen molar-refractivity contribution in [2.24, 2.45) is 5.73 Å². The summed E-state index contributed by atoms with van der Waals surface area (Å²) in [6.45, 7) is 1.85. The number of thioether (sulfide) groups is 1. The molecule has 0 saturated carbocycles. The number of nitrogens with one attached hydrogen (secondary N) is 2. The number of aryl methyl sites for hydroxylation is 1. The number of carbonyl (C=O) groups is 1. The third-order valence-electron chi connectivity index (χ3n) is 2.98. The zero-order valence-electron chi connectivity index (χ0n) is 12.5. The normalized spacial score (nSPS) is 11.6. The Morgan fingerprint density at radius 2 is 2.09 bits per heavy atom. The largest absolute Gasteiger partial charge is 0.325 e. The van der Waals surface area contributed by atoms with Crippen LogP contribution in [0.25, 0.3) is 11.4 Å². The van der Waals surface area contributed by atoms with Crippen molar-refractivity contribution in [1.82, 2.24) is 15.2 Å². The fourth-order valence-electron chi connectivity index (χ4n) is 1.79. The standard InChI is InChI=1S/C14H19N5OS.ClH/c1-9-16-13(19-18-9)10-3-5-11(6-4-10)17-14(20)12(15)7-8-21-2;/h3-6,12H,7-8,15H2,1-2H3,(H,17,20)(H,16,18,19);1H/t12-;/m0./s1. The van der Waals surface area contributed by atoms with E-state index in [1.165, 1.54) is 0 Å². The smallest absolute Gasteiger partial charge is 0.241 e. The first kappa shape index (κ1) is 18.5. The zero-order valence-corrected chi connectivity index (χ0v) is 14.1. The number of aromatic nitrogens is 3. The number of H-pyrrole nitrogens is 1. The number of hydrogen-bond acceptors (Lipinski definition) is 5. The van der Waals surface area contributed by atoms with Gasteiger partial charge < -0.3 is 11.1 Å². The number of aromatic amines is 1. The van der Waals surface area contributed by atoms with Gasteiger partial charge in [-0.1, -0.05) is 0 Å². The third-order valence-corrected chi connectivity index (χ3v) is 3.62. The van der Waals surface area contributed by atoms with Crippen LogP contribution in [0.4, 0.5) is 5.69 Å². The molecule has 1 amide bonds. The molecule has 6 nitrogen and oxygen atoms in total. The molecule has 0 aliphatic heterocycles. The van der Waals surface area contributed by atoms with Crippen LogP contribution >= 0.6 is 24.2 Å². The molecule has 0 bridgehead atoms. The second kappa shape index (κ2) is 8.77. The molecule has 0 fully saturated rings. The summed E-state index contributed by atoms with van der Waals surface area (Å²) >= 11 is 1.68. The molecule has 0 saturated heterocycles. The number of benzene rings is 1. The second-order valence-corrected chi connectivity index (χ2v) is 5.68. The molecule has 2 rings (SSSR count). The quantitative estimate of drug-likeness (QED) is 0.748. The lowest BCUT2D eigenvalue weighted by molar-refractivity contribution is -0.117. The van der Waals surface area contributed by atoms with Gasteiger partial charge in [0.2, 0.25) is 5.91 Å². The summed E-state index contributed by atoms with van der Waals surface area (Å²) in [5, 5.41) is 9.70. The summed E-state index contributed by atoms with van der Waals surface area (Å²) < 4.78 is 0. The van der Waals surface area contributed by atoms with Gasteiger partial charge in [0, 0.05) is 11.3 Å². The van der Waals surface area contributed by atoms with E-state index in [4.69, 9.17) is 5.73 Å².